The zero-order valence-electron chi connectivity index (χ0n) is 12.8. The molecule has 1 aromatic carbocycles. The maximum Gasteiger partial charge on any atom is 0.231 e. The lowest BCUT2D eigenvalue weighted by Gasteiger charge is -2.37. The van der Waals surface area contributed by atoms with Crippen LogP contribution in [0.25, 0.3) is 0 Å². The van der Waals surface area contributed by atoms with Crippen LogP contribution in [0, 0.1) is 11.8 Å². The van der Waals surface area contributed by atoms with E-state index in [0.29, 0.717) is 12.5 Å². The maximum atomic E-state index is 12.9. The summed E-state index contributed by atoms with van der Waals surface area (Å²) in [7, 11) is 0. The zero-order chi connectivity index (χ0) is 14.7. The van der Waals surface area contributed by atoms with Crippen LogP contribution in [0.3, 0.4) is 0 Å². The topological polar surface area (TPSA) is 46.3 Å². The van der Waals surface area contributed by atoms with Crippen molar-refractivity contribution in [3.63, 3.8) is 0 Å². The molecule has 1 amide bonds. The molecular formula is C17H26N2O. The monoisotopic (exact) mass is 274 g/mol. The summed E-state index contributed by atoms with van der Waals surface area (Å²) in [5, 5.41) is 0. The number of nitrogens with two attached hydrogens (primary N) is 1. The van der Waals surface area contributed by atoms with E-state index < -0.39 is 0 Å². The molecule has 1 aromatic rings. The van der Waals surface area contributed by atoms with Gasteiger partial charge in [-0.05, 0) is 43.7 Å². The fraction of sp³-hybridized carbons (Fsp3) is 0.588. The van der Waals surface area contributed by atoms with Gasteiger partial charge in [0.2, 0.25) is 5.91 Å². The van der Waals surface area contributed by atoms with Crippen LogP contribution < -0.4 is 10.6 Å². The molecule has 0 aromatic heterocycles. The molecule has 0 saturated heterocycles. The lowest BCUT2D eigenvalue weighted by Crippen LogP contribution is -2.47. The molecule has 0 aliphatic carbocycles. The van der Waals surface area contributed by atoms with Gasteiger partial charge in [0.1, 0.15) is 0 Å². The van der Waals surface area contributed by atoms with Crippen LogP contribution in [0.15, 0.2) is 24.3 Å². The Morgan fingerprint density at radius 2 is 2.10 bits per heavy atom. The predicted molar refractivity (Wildman–Crippen MR) is 83.7 cm³/mol. The molecule has 3 nitrogen and oxygen atoms in total. The highest BCUT2D eigenvalue weighted by Gasteiger charge is 2.32. The van der Waals surface area contributed by atoms with E-state index in [2.05, 4.69) is 32.9 Å². The minimum absolute atomic E-state index is 0.0661. The van der Waals surface area contributed by atoms with Gasteiger partial charge in [0.25, 0.3) is 0 Å². The zero-order valence-corrected chi connectivity index (χ0v) is 12.8. The second kappa shape index (κ2) is 6.40. The largest absolute Gasteiger partial charge is 0.330 e. The number of anilines is 1. The Labute approximate surface area is 122 Å². The maximum absolute atomic E-state index is 12.9. The fourth-order valence-corrected chi connectivity index (χ4v) is 3.09. The van der Waals surface area contributed by atoms with Crippen LogP contribution in [0.2, 0.25) is 0 Å². The molecule has 1 heterocycles. The van der Waals surface area contributed by atoms with Crippen molar-refractivity contribution in [3.05, 3.63) is 29.8 Å². The van der Waals surface area contributed by atoms with Crippen molar-refractivity contribution in [2.24, 2.45) is 17.6 Å². The molecular weight excluding hydrogens is 248 g/mol. The van der Waals surface area contributed by atoms with Crippen LogP contribution in [-0.4, -0.2) is 18.5 Å². The van der Waals surface area contributed by atoms with Crippen molar-refractivity contribution in [1.82, 2.24) is 0 Å². The van der Waals surface area contributed by atoms with Crippen LogP contribution in [0.5, 0.6) is 0 Å². The number of rotatable bonds is 4. The summed E-state index contributed by atoms with van der Waals surface area (Å²) in [6.07, 6.45) is 2.95. The number of amides is 1. The van der Waals surface area contributed by atoms with E-state index in [-0.39, 0.29) is 17.9 Å². The third-order valence-corrected chi connectivity index (χ3v) is 4.15. The molecule has 0 radical (unpaired) electrons. The van der Waals surface area contributed by atoms with Crippen molar-refractivity contribution in [2.75, 3.05) is 11.4 Å². The first-order valence-electron chi connectivity index (χ1n) is 7.65. The number of hydrogen-bond donors (Lipinski definition) is 1. The number of carbonyl (C=O) groups excluding carboxylic acids is 1. The van der Waals surface area contributed by atoms with Crippen LogP contribution in [0.4, 0.5) is 5.69 Å². The van der Waals surface area contributed by atoms with Gasteiger partial charge in [-0.2, -0.15) is 0 Å². The lowest BCUT2D eigenvalue weighted by atomic mass is 9.91. The number of nitrogens with zero attached hydrogens (tertiary/aromatic N) is 1. The number of hydrogen-bond acceptors (Lipinski definition) is 2. The molecule has 0 spiro atoms. The first-order valence-corrected chi connectivity index (χ1v) is 7.65. The van der Waals surface area contributed by atoms with Crippen molar-refractivity contribution >= 4 is 11.6 Å². The van der Waals surface area contributed by atoms with E-state index in [9.17, 15) is 4.79 Å². The van der Waals surface area contributed by atoms with E-state index in [0.717, 1.165) is 24.9 Å². The molecule has 0 bridgehead atoms. The predicted octanol–water partition coefficient (Wildman–Crippen LogP) is 2.98. The van der Waals surface area contributed by atoms with Gasteiger partial charge in [-0.1, -0.05) is 32.0 Å². The fourth-order valence-electron chi connectivity index (χ4n) is 3.09. The van der Waals surface area contributed by atoms with Gasteiger partial charge in [0.15, 0.2) is 0 Å². The van der Waals surface area contributed by atoms with Gasteiger partial charge in [-0.25, -0.2) is 0 Å². The number of para-hydroxylation sites is 1. The molecule has 110 valence electrons. The third-order valence-electron chi connectivity index (χ3n) is 4.15. The number of benzene rings is 1. The van der Waals surface area contributed by atoms with Crippen molar-refractivity contribution in [1.29, 1.82) is 0 Å². The Kier molecular flexibility index (Phi) is 4.81. The Morgan fingerprint density at radius 3 is 2.75 bits per heavy atom. The summed E-state index contributed by atoms with van der Waals surface area (Å²) in [6, 6.07) is 8.51. The van der Waals surface area contributed by atoms with Gasteiger partial charge >= 0.3 is 0 Å². The average Bonchev–Trinajstić information content (AvgIpc) is 2.43. The van der Waals surface area contributed by atoms with Crippen molar-refractivity contribution in [2.45, 2.75) is 46.1 Å². The van der Waals surface area contributed by atoms with Gasteiger partial charge in [0, 0.05) is 18.3 Å². The van der Waals surface area contributed by atoms with Crippen LogP contribution in [-0.2, 0) is 11.2 Å². The minimum atomic E-state index is -0.0661. The van der Waals surface area contributed by atoms with E-state index in [1.165, 1.54) is 5.56 Å². The summed E-state index contributed by atoms with van der Waals surface area (Å²) in [4.78, 5) is 14.9. The summed E-state index contributed by atoms with van der Waals surface area (Å²) in [5.41, 5.74) is 8.21. The molecule has 1 aliphatic heterocycles. The van der Waals surface area contributed by atoms with Gasteiger partial charge in [-0.3, -0.25) is 4.79 Å². The molecule has 2 unspecified atom stereocenters. The van der Waals surface area contributed by atoms with Crippen molar-refractivity contribution < 1.29 is 4.79 Å². The first-order chi connectivity index (χ1) is 9.54. The summed E-state index contributed by atoms with van der Waals surface area (Å²) >= 11 is 0. The number of carbonyl (C=O) groups is 1. The van der Waals surface area contributed by atoms with Gasteiger partial charge < -0.3 is 10.6 Å². The lowest BCUT2D eigenvalue weighted by molar-refractivity contribution is -0.123. The minimum Gasteiger partial charge on any atom is -0.330 e. The van der Waals surface area contributed by atoms with Gasteiger partial charge in [0.05, 0.1) is 5.92 Å². The second-order valence-corrected chi connectivity index (χ2v) is 6.29. The van der Waals surface area contributed by atoms with Crippen LogP contribution >= 0.6 is 0 Å². The van der Waals surface area contributed by atoms with E-state index >= 15 is 0 Å². The first kappa shape index (κ1) is 15.0. The normalized spacial score (nSPS) is 19.9. The molecule has 2 atom stereocenters. The van der Waals surface area contributed by atoms with Crippen LogP contribution in [0.1, 0.15) is 39.2 Å². The SMILES string of the molecule is CC(C)CC(CN)C(=O)N1c2ccccc2CCC1C. The molecule has 2 rings (SSSR count). The van der Waals surface area contributed by atoms with E-state index in [1.54, 1.807) is 0 Å². The van der Waals surface area contributed by atoms with E-state index in [1.807, 2.05) is 17.0 Å². The Hall–Kier alpha value is -1.35. The highest BCUT2D eigenvalue weighted by molar-refractivity contribution is 5.96. The molecule has 3 heteroatoms. The van der Waals surface area contributed by atoms with Crippen molar-refractivity contribution in [3.8, 4) is 0 Å². The molecule has 20 heavy (non-hydrogen) atoms. The summed E-state index contributed by atoms with van der Waals surface area (Å²) < 4.78 is 0. The molecule has 2 N–H and O–H groups in total. The highest BCUT2D eigenvalue weighted by atomic mass is 16.2. The summed E-state index contributed by atoms with van der Waals surface area (Å²) in [5.74, 6) is 0.618. The molecule has 1 aliphatic rings. The Bertz CT molecular complexity index is 470. The van der Waals surface area contributed by atoms with Gasteiger partial charge in [-0.15, -0.1) is 0 Å². The Balaban J connectivity index is 2.28. The molecule has 0 saturated carbocycles. The second-order valence-electron chi connectivity index (χ2n) is 6.29. The summed E-state index contributed by atoms with van der Waals surface area (Å²) in [6.45, 7) is 6.85. The Morgan fingerprint density at radius 1 is 1.40 bits per heavy atom. The smallest absolute Gasteiger partial charge is 0.231 e. The highest BCUT2D eigenvalue weighted by Crippen LogP contribution is 2.32. The quantitative estimate of drug-likeness (QED) is 0.917. The number of fused-ring (bicyclic) bond motifs is 1. The number of aryl methyl sites for hydroxylation is 1. The molecule has 0 fully saturated rings. The van der Waals surface area contributed by atoms with E-state index in [4.69, 9.17) is 5.73 Å². The standard InChI is InChI=1S/C17H26N2O/c1-12(2)10-15(11-18)17(20)19-13(3)8-9-14-6-4-5-7-16(14)19/h4-7,12-13,15H,8-11,18H2,1-3H3. The average molecular weight is 274 g/mol. The third kappa shape index (κ3) is 3.04.